The van der Waals surface area contributed by atoms with E-state index < -0.39 is 0 Å². The van der Waals surface area contributed by atoms with E-state index in [9.17, 15) is 9.18 Å². The normalized spacial score (nSPS) is 23.1. The van der Waals surface area contributed by atoms with Gasteiger partial charge in [0.05, 0.1) is 36.5 Å². The molecule has 2 saturated heterocycles. The highest BCUT2D eigenvalue weighted by Gasteiger charge is 2.38. The van der Waals surface area contributed by atoms with Crippen LogP contribution in [0.3, 0.4) is 0 Å². The fourth-order valence-electron chi connectivity index (χ4n) is 5.40. The van der Waals surface area contributed by atoms with E-state index in [4.69, 9.17) is 21.1 Å². The summed E-state index contributed by atoms with van der Waals surface area (Å²) in [6.45, 7) is 11.3. The molecule has 39 heavy (non-hydrogen) atoms. The third kappa shape index (κ3) is 7.10. The van der Waals surface area contributed by atoms with Crippen molar-refractivity contribution in [3.63, 3.8) is 0 Å². The van der Waals surface area contributed by atoms with E-state index in [-0.39, 0.29) is 28.0 Å². The Balaban J connectivity index is 0.00000172. The van der Waals surface area contributed by atoms with Crippen LogP contribution in [0.25, 0.3) is 0 Å². The Kier molecular flexibility index (Phi) is 10.2. The van der Waals surface area contributed by atoms with Gasteiger partial charge in [0.25, 0.3) is 5.56 Å². The van der Waals surface area contributed by atoms with Crippen LogP contribution >= 0.6 is 23.5 Å². The van der Waals surface area contributed by atoms with Crippen molar-refractivity contribution in [1.29, 1.82) is 0 Å². The number of rotatable bonds is 8. The first kappa shape index (κ1) is 30.2. The van der Waals surface area contributed by atoms with E-state index >= 15 is 0 Å². The van der Waals surface area contributed by atoms with Gasteiger partial charge in [-0.25, -0.2) is 13.4 Å². The number of hydrogen-bond donors (Lipinski definition) is 1. The van der Waals surface area contributed by atoms with Crippen molar-refractivity contribution in [1.82, 2.24) is 14.1 Å². The molecule has 0 bridgehead atoms. The van der Waals surface area contributed by atoms with E-state index in [0.29, 0.717) is 42.8 Å². The second kappa shape index (κ2) is 13.2. The molecule has 1 saturated carbocycles. The van der Waals surface area contributed by atoms with Crippen LogP contribution in [0, 0.1) is 11.7 Å². The molecule has 0 radical (unpaired) electrons. The third-order valence-electron chi connectivity index (χ3n) is 7.69. The lowest BCUT2D eigenvalue weighted by Crippen LogP contribution is -2.48. The van der Waals surface area contributed by atoms with Crippen LogP contribution in [0.1, 0.15) is 83.7 Å². The molecule has 1 aliphatic carbocycles. The van der Waals surface area contributed by atoms with Crippen molar-refractivity contribution in [3.8, 4) is 5.75 Å². The molecule has 0 amide bonds. The zero-order chi connectivity index (χ0) is 28.2. The number of nitrogens with one attached hydrogen (secondary N) is 1. The van der Waals surface area contributed by atoms with Crippen LogP contribution in [-0.2, 0) is 4.74 Å². The van der Waals surface area contributed by atoms with Gasteiger partial charge in [-0.3, -0.25) is 4.79 Å². The first-order chi connectivity index (χ1) is 18.8. The summed E-state index contributed by atoms with van der Waals surface area (Å²) >= 11 is 8.04. The van der Waals surface area contributed by atoms with Gasteiger partial charge in [0.2, 0.25) is 0 Å². The molecule has 5 rings (SSSR count). The molecule has 2 aliphatic heterocycles. The Morgan fingerprint density at radius 2 is 2.03 bits per heavy atom. The number of ether oxygens (including phenoxy) is 2. The Bertz CT molecular complexity index is 1180. The summed E-state index contributed by atoms with van der Waals surface area (Å²) in [7, 11) is 1.51. The fourth-order valence-corrected chi connectivity index (χ4v) is 6.81. The minimum Gasteiger partial charge on any atom is -0.492 e. The van der Waals surface area contributed by atoms with Crippen molar-refractivity contribution in [2.24, 2.45) is 5.92 Å². The number of nitrogens with zero attached hydrogens (tertiary/aromatic N) is 3. The molecule has 2 aromatic rings. The van der Waals surface area contributed by atoms with Gasteiger partial charge in [-0.15, -0.1) is 0 Å². The molecular formula is C29H42ClFN4O3S. The third-order valence-corrected chi connectivity index (χ3v) is 9.46. The molecule has 10 heteroatoms. The van der Waals surface area contributed by atoms with Crippen LogP contribution < -0.4 is 15.6 Å². The molecule has 3 heterocycles. The maximum Gasteiger partial charge on any atom is 0.287 e. The number of piperidine rings is 1. The molecule has 2 unspecified atom stereocenters. The van der Waals surface area contributed by atoms with Gasteiger partial charge < -0.3 is 14.8 Å². The van der Waals surface area contributed by atoms with Crippen molar-refractivity contribution >= 4 is 29.2 Å². The Labute approximate surface area is 240 Å². The van der Waals surface area contributed by atoms with Gasteiger partial charge in [-0.05, 0) is 93.9 Å². The molecule has 0 spiro atoms. The van der Waals surface area contributed by atoms with E-state index in [1.165, 1.54) is 23.7 Å². The summed E-state index contributed by atoms with van der Waals surface area (Å²) in [5.41, 5.74) is 1.08. The minimum atomic E-state index is -0.308. The zero-order valence-corrected chi connectivity index (χ0v) is 25.3. The topological polar surface area (TPSA) is 68.6 Å². The number of aromatic nitrogens is 2. The van der Waals surface area contributed by atoms with Crippen molar-refractivity contribution < 1.29 is 13.9 Å². The number of halogens is 2. The highest BCUT2D eigenvalue weighted by atomic mass is 35.5. The summed E-state index contributed by atoms with van der Waals surface area (Å²) < 4.78 is 29.5. The summed E-state index contributed by atoms with van der Waals surface area (Å²) in [4.78, 5) is 14.0. The minimum absolute atomic E-state index is 0.0749. The van der Waals surface area contributed by atoms with E-state index in [0.717, 1.165) is 55.8 Å². The van der Waals surface area contributed by atoms with E-state index in [1.807, 2.05) is 13.8 Å². The predicted octanol–water partition coefficient (Wildman–Crippen LogP) is 6.91. The van der Waals surface area contributed by atoms with Gasteiger partial charge in [-0.2, -0.15) is 5.10 Å². The van der Waals surface area contributed by atoms with Gasteiger partial charge >= 0.3 is 0 Å². The molecule has 3 fully saturated rings. The molecule has 1 N–H and O–H groups in total. The molecule has 1 aromatic carbocycles. The summed E-state index contributed by atoms with van der Waals surface area (Å²) in [6.07, 6.45) is 7.49. The highest BCUT2D eigenvalue weighted by molar-refractivity contribution is 7.97. The van der Waals surface area contributed by atoms with Gasteiger partial charge in [0.15, 0.2) is 11.6 Å². The van der Waals surface area contributed by atoms with E-state index in [2.05, 4.69) is 34.6 Å². The number of hydrogen-bond acceptors (Lipinski definition) is 7. The molecule has 1 aromatic heterocycles. The van der Waals surface area contributed by atoms with Crippen LogP contribution in [0.2, 0.25) is 5.02 Å². The zero-order valence-electron chi connectivity index (χ0n) is 23.8. The second-order valence-electron chi connectivity index (χ2n) is 11.0. The maximum absolute atomic E-state index is 14.8. The number of benzene rings is 1. The van der Waals surface area contributed by atoms with Crippen LogP contribution in [0.4, 0.5) is 10.1 Å². The van der Waals surface area contributed by atoms with Crippen molar-refractivity contribution in [3.05, 3.63) is 45.1 Å². The fraction of sp³-hybridized carbons (Fsp3) is 0.655. The first-order valence-corrected chi connectivity index (χ1v) is 15.3. The molecule has 2 atom stereocenters. The maximum atomic E-state index is 14.8. The Morgan fingerprint density at radius 1 is 1.26 bits per heavy atom. The van der Waals surface area contributed by atoms with Gasteiger partial charge in [-0.1, -0.05) is 25.4 Å². The number of anilines is 1. The molecule has 3 aliphatic rings. The van der Waals surface area contributed by atoms with Crippen LogP contribution in [0.15, 0.2) is 28.0 Å². The largest absolute Gasteiger partial charge is 0.492 e. The Morgan fingerprint density at radius 3 is 2.67 bits per heavy atom. The van der Waals surface area contributed by atoms with Crippen molar-refractivity contribution in [2.45, 2.75) is 88.6 Å². The smallest absolute Gasteiger partial charge is 0.287 e. The quantitative estimate of drug-likeness (QED) is 0.340. The van der Waals surface area contributed by atoms with E-state index in [1.54, 1.807) is 12.3 Å². The van der Waals surface area contributed by atoms with Crippen LogP contribution in [0.5, 0.6) is 5.75 Å². The Hall–Kier alpha value is -1.81. The monoisotopic (exact) mass is 580 g/mol. The summed E-state index contributed by atoms with van der Waals surface area (Å²) in [5.74, 6) is 0.846. The van der Waals surface area contributed by atoms with Crippen LogP contribution in [-0.4, -0.2) is 53.0 Å². The lowest BCUT2D eigenvalue weighted by molar-refractivity contribution is 0.0595. The average molecular weight is 581 g/mol. The SMILES string of the molecule is CC.COc1c(F)cc(C2CC2)cc1SN1CCC(n2ncc(NCC3CCCOC3)c(Cl)c2=O)CC1(C)C. The number of methoxy groups -OCH3 is 1. The van der Waals surface area contributed by atoms with Crippen molar-refractivity contribution in [2.75, 3.05) is 38.7 Å². The predicted molar refractivity (Wildman–Crippen MR) is 157 cm³/mol. The summed E-state index contributed by atoms with van der Waals surface area (Å²) in [6, 6.07) is 3.61. The first-order valence-electron chi connectivity index (χ1n) is 14.2. The molecule has 7 nitrogen and oxygen atoms in total. The standard InChI is InChI=1S/C27H36ClFN4O3S.C2H6/c1-27(2)13-20(33-26(34)24(28)22(15-31-33)30-14-17-5-4-10-36-16-17)8-9-32(27)37-23-12-19(18-6-7-18)11-21(29)25(23)35-3;1-2/h11-12,15,17-18,20,30H,4-10,13-14,16H2,1-3H3;1-2H3. The lowest BCUT2D eigenvalue weighted by atomic mass is 9.89. The second-order valence-corrected chi connectivity index (χ2v) is 12.5. The molecular weight excluding hydrogens is 539 g/mol. The average Bonchev–Trinajstić information content (AvgIpc) is 3.78. The van der Waals surface area contributed by atoms with Gasteiger partial charge in [0, 0.05) is 25.2 Å². The summed E-state index contributed by atoms with van der Waals surface area (Å²) in [5, 5.41) is 7.98. The van der Waals surface area contributed by atoms with Gasteiger partial charge in [0.1, 0.15) is 5.02 Å². The lowest BCUT2D eigenvalue weighted by Gasteiger charge is -2.44. The molecule has 216 valence electrons. The highest BCUT2D eigenvalue weighted by Crippen LogP contribution is 2.47.